The van der Waals surface area contributed by atoms with Gasteiger partial charge in [0.1, 0.15) is 11.4 Å². The number of hydrogen-bond donors (Lipinski definition) is 1. The lowest BCUT2D eigenvalue weighted by Crippen LogP contribution is -2.27. The molecule has 5 nitrogen and oxygen atoms in total. The summed E-state index contributed by atoms with van der Waals surface area (Å²) in [5.41, 5.74) is 2.52. The predicted octanol–water partition coefficient (Wildman–Crippen LogP) is 4.92. The maximum absolute atomic E-state index is 12.9. The number of aryl methyl sites for hydroxylation is 1. The molecule has 0 bridgehead atoms. The molecule has 1 aromatic heterocycles. The van der Waals surface area contributed by atoms with E-state index in [0.29, 0.717) is 17.5 Å². The monoisotopic (exact) mass is 351 g/mol. The van der Waals surface area contributed by atoms with E-state index in [1.807, 2.05) is 52.0 Å². The first kappa shape index (κ1) is 17.7. The van der Waals surface area contributed by atoms with Crippen molar-refractivity contribution in [2.75, 3.05) is 0 Å². The predicted molar refractivity (Wildman–Crippen MR) is 101 cm³/mol. The first-order chi connectivity index (χ1) is 12.2. The van der Waals surface area contributed by atoms with Gasteiger partial charge in [0.15, 0.2) is 6.29 Å². The van der Waals surface area contributed by atoms with Gasteiger partial charge in [0, 0.05) is 5.39 Å². The molecule has 0 saturated heterocycles. The van der Waals surface area contributed by atoms with Crippen molar-refractivity contribution in [3.63, 3.8) is 0 Å². The topological polar surface area (TPSA) is 68.5 Å². The van der Waals surface area contributed by atoms with Gasteiger partial charge in [-0.2, -0.15) is 0 Å². The number of carbonyl (C=O) groups is 2. The average Bonchev–Trinajstić information content (AvgIpc) is 2.92. The van der Waals surface area contributed by atoms with Crippen molar-refractivity contribution >= 4 is 23.3 Å². The molecule has 0 unspecified atom stereocenters. The third-order valence-electron chi connectivity index (χ3n) is 3.99. The van der Waals surface area contributed by atoms with Crippen LogP contribution in [-0.2, 0) is 4.74 Å². The number of carbonyl (C=O) groups excluding carboxylic acids is 2. The van der Waals surface area contributed by atoms with Crippen LogP contribution >= 0.6 is 0 Å². The minimum atomic E-state index is -0.641. The molecule has 0 aliphatic carbocycles. The second kappa shape index (κ2) is 6.33. The van der Waals surface area contributed by atoms with Gasteiger partial charge in [0.05, 0.1) is 16.8 Å². The number of phenolic OH excluding ortho intramolecular Hbond substituents is 1. The Hall–Kier alpha value is -3.08. The van der Waals surface area contributed by atoms with E-state index in [1.54, 1.807) is 12.1 Å². The van der Waals surface area contributed by atoms with Crippen LogP contribution in [0.2, 0.25) is 0 Å². The zero-order valence-corrected chi connectivity index (χ0v) is 15.2. The molecule has 0 aliphatic heterocycles. The first-order valence-electron chi connectivity index (χ1n) is 8.33. The van der Waals surface area contributed by atoms with E-state index in [9.17, 15) is 14.7 Å². The molecule has 2 aromatic carbocycles. The van der Waals surface area contributed by atoms with Crippen LogP contribution in [0, 0.1) is 6.92 Å². The third kappa shape index (κ3) is 3.33. The molecule has 0 spiro atoms. The van der Waals surface area contributed by atoms with E-state index in [2.05, 4.69) is 0 Å². The standard InChI is InChI=1S/C21H21NO4/c1-13-5-6-15-11-18(14-7-8-19(24)16(10-14)12-23)22(17(15)9-13)20(25)26-21(2,3)4/h5-12,24H,1-4H3. The summed E-state index contributed by atoms with van der Waals surface area (Å²) in [6, 6.07) is 12.4. The molecule has 5 heteroatoms. The Morgan fingerprint density at radius 1 is 1.12 bits per heavy atom. The van der Waals surface area contributed by atoms with Crippen molar-refractivity contribution < 1.29 is 19.4 Å². The van der Waals surface area contributed by atoms with Crippen LogP contribution in [0.15, 0.2) is 42.5 Å². The maximum Gasteiger partial charge on any atom is 0.419 e. The van der Waals surface area contributed by atoms with Crippen LogP contribution in [0.1, 0.15) is 36.7 Å². The van der Waals surface area contributed by atoms with E-state index in [4.69, 9.17) is 4.74 Å². The zero-order valence-electron chi connectivity index (χ0n) is 15.2. The Morgan fingerprint density at radius 3 is 2.50 bits per heavy atom. The smallest absolute Gasteiger partial charge is 0.419 e. The summed E-state index contributed by atoms with van der Waals surface area (Å²) < 4.78 is 7.09. The van der Waals surface area contributed by atoms with Crippen LogP contribution in [0.3, 0.4) is 0 Å². The van der Waals surface area contributed by atoms with Gasteiger partial charge in [-0.1, -0.05) is 12.1 Å². The normalized spacial score (nSPS) is 11.5. The minimum Gasteiger partial charge on any atom is -0.507 e. The van der Waals surface area contributed by atoms with Gasteiger partial charge in [0.2, 0.25) is 0 Å². The molecule has 0 fully saturated rings. The summed E-state index contributed by atoms with van der Waals surface area (Å²) in [7, 11) is 0. The zero-order chi connectivity index (χ0) is 19.1. The molecule has 0 atom stereocenters. The van der Waals surface area contributed by atoms with Gasteiger partial charge >= 0.3 is 6.09 Å². The number of ether oxygens (including phenoxy) is 1. The molecule has 26 heavy (non-hydrogen) atoms. The lowest BCUT2D eigenvalue weighted by atomic mass is 10.1. The summed E-state index contributed by atoms with van der Waals surface area (Å²) >= 11 is 0. The molecular weight excluding hydrogens is 330 g/mol. The lowest BCUT2D eigenvalue weighted by Gasteiger charge is -2.21. The summed E-state index contributed by atoms with van der Waals surface area (Å²) in [4.78, 5) is 24.1. The number of aromatic nitrogens is 1. The minimum absolute atomic E-state index is 0.0977. The molecular formula is C21H21NO4. The van der Waals surface area contributed by atoms with Crippen molar-refractivity contribution in [3.05, 3.63) is 53.6 Å². The van der Waals surface area contributed by atoms with E-state index in [-0.39, 0.29) is 11.3 Å². The fourth-order valence-corrected chi connectivity index (χ4v) is 2.84. The van der Waals surface area contributed by atoms with E-state index in [1.165, 1.54) is 10.6 Å². The molecule has 1 N–H and O–H groups in total. The number of aromatic hydroxyl groups is 1. The molecule has 3 aromatic rings. The Bertz CT molecular complexity index is 1010. The molecule has 3 rings (SSSR count). The van der Waals surface area contributed by atoms with Crippen molar-refractivity contribution in [3.8, 4) is 17.0 Å². The van der Waals surface area contributed by atoms with Gasteiger partial charge < -0.3 is 9.84 Å². The molecule has 0 aliphatic rings. The van der Waals surface area contributed by atoms with Crippen LogP contribution in [0.25, 0.3) is 22.2 Å². The number of nitrogens with zero attached hydrogens (tertiary/aromatic N) is 1. The van der Waals surface area contributed by atoms with E-state index >= 15 is 0 Å². The van der Waals surface area contributed by atoms with Gasteiger partial charge in [-0.3, -0.25) is 4.79 Å². The second-order valence-electron chi connectivity index (χ2n) is 7.30. The van der Waals surface area contributed by atoms with E-state index in [0.717, 1.165) is 16.5 Å². The number of phenols is 1. The largest absolute Gasteiger partial charge is 0.507 e. The number of benzene rings is 2. The van der Waals surface area contributed by atoms with Gasteiger partial charge in [-0.25, -0.2) is 9.36 Å². The SMILES string of the molecule is Cc1ccc2cc(-c3ccc(O)c(C=O)c3)n(C(=O)OC(C)(C)C)c2c1. The molecule has 0 radical (unpaired) electrons. The Kier molecular flexibility index (Phi) is 4.32. The molecule has 0 amide bonds. The Balaban J connectivity index is 2.26. The highest BCUT2D eigenvalue weighted by Crippen LogP contribution is 2.32. The van der Waals surface area contributed by atoms with Gasteiger partial charge in [-0.05, 0) is 69.2 Å². The lowest BCUT2D eigenvalue weighted by molar-refractivity contribution is 0.0547. The van der Waals surface area contributed by atoms with Crippen LogP contribution in [0.5, 0.6) is 5.75 Å². The maximum atomic E-state index is 12.9. The van der Waals surface area contributed by atoms with Crippen molar-refractivity contribution in [2.24, 2.45) is 0 Å². The number of fused-ring (bicyclic) bond motifs is 1. The highest BCUT2D eigenvalue weighted by molar-refractivity contribution is 5.97. The van der Waals surface area contributed by atoms with E-state index < -0.39 is 11.7 Å². The van der Waals surface area contributed by atoms with Crippen molar-refractivity contribution in [1.29, 1.82) is 0 Å². The number of aldehydes is 1. The summed E-state index contributed by atoms with van der Waals surface area (Å²) in [5, 5.41) is 10.6. The first-order valence-corrected chi connectivity index (χ1v) is 8.33. The van der Waals surface area contributed by atoms with Crippen molar-refractivity contribution in [1.82, 2.24) is 4.57 Å². The molecule has 1 heterocycles. The summed E-state index contributed by atoms with van der Waals surface area (Å²) in [5.74, 6) is -0.0977. The molecule has 0 saturated carbocycles. The van der Waals surface area contributed by atoms with Crippen molar-refractivity contribution in [2.45, 2.75) is 33.3 Å². The summed E-state index contributed by atoms with van der Waals surface area (Å²) in [6.45, 7) is 7.39. The Labute approximate surface area is 151 Å². The number of hydrogen-bond acceptors (Lipinski definition) is 4. The highest BCUT2D eigenvalue weighted by atomic mass is 16.6. The second-order valence-corrected chi connectivity index (χ2v) is 7.30. The van der Waals surface area contributed by atoms with Crippen LogP contribution < -0.4 is 0 Å². The third-order valence-corrected chi connectivity index (χ3v) is 3.99. The van der Waals surface area contributed by atoms with Crippen LogP contribution in [0.4, 0.5) is 4.79 Å². The Morgan fingerprint density at radius 2 is 1.85 bits per heavy atom. The van der Waals surface area contributed by atoms with Crippen LogP contribution in [-0.4, -0.2) is 27.7 Å². The average molecular weight is 351 g/mol. The molecule has 134 valence electrons. The number of rotatable bonds is 2. The highest BCUT2D eigenvalue weighted by Gasteiger charge is 2.23. The van der Waals surface area contributed by atoms with Gasteiger partial charge in [-0.15, -0.1) is 0 Å². The fourth-order valence-electron chi connectivity index (χ4n) is 2.84. The summed E-state index contributed by atoms with van der Waals surface area (Å²) in [6.07, 6.45) is 0.0949. The fraction of sp³-hybridized carbons (Fsp3) is 0.238. The van der Waals surface area contributed by atoms with Gasteiger partial charge in [0.25, 0.3) is 0 Å². The quantitative estimate of drug-likeness (QED) is 0.666.